The lowest BCUT2D eigenvalue weighted by Gasteiger charge is -2.30. The maximum Gasteiger partial charge on any atom is 0.270 e. The highest BCUT2D eigenvalue weighted by Crippen LogP contribution is 2.27. The van der Waals surface area contributed by atoms with Gasteiger partial charge in [0.25, 0.3) is 11.8 Å². The minimum absolute atomic E-state index is 0.0264. The maximum atomic E-state index is 13.1. The van der Waals surface area contributed by atoms with Gasteiger partial charge in [0.2, 0.25) is 0 Å². The van der Waals surface area contributed by atoms with Gasteiger partial charge in [-0.1, -0.05) is 17.7 Å². The van der Waals surface area contributed by atoms with Crippen LogP contribution in [0.5, 0.6) is 0 Å². The molecule has 1 N–H and O–H groups in total. The second kappa shape index (κ2) is 7.81. The zero-order valence-electron chi connectivity index (χ0n) is 16.2. The number of anilines is 2. The normalized spacial score (nSPS) is 19.1. The van der Waals surface area contributed by atoms with Gasteiger partial charge in [-0.25, -0.2) is 0 Å². The number of carbonyl (C=O) groups is 2. The van der Waals surface area contributed by atoms with E-state index in [1.165, 1.54) is 11.0 Å². The first-order valence-corrected chi connectivity index (χ1v) is 9.76. The average Bonchev–Trinajstić information content (AvgIpc) is 3.16. The highest BCUT2D eigenvalue weighted by Gasteiger charge is 2.35. The van der Waals surface area contributed by atoms with Crippen LogP contribution in [0.4, 0.5) is 11.6 Å². The second-order valence-corrected chi connectivity index (χ2v) is 7.41. The highest BCUT2D eigenvalue weighted by atomic mass is 32.1. The van der Waals surface area contributed by atoms with Crippen molar-refractivity contribution in [3.63, 3.8) is 0 Å². The number of rotatable bonds is 3. The van der Waals surface area contributed by atoms with E-state index >= 15 is 0 Å². The third kappa shape index (κ3) is 3.81. The number of ether oxygens (including phenoxy) is 1. The number of aryl methyl sites for hydroxylation is 2. The number of amides is 2. The molecular weight excluding hydrogens is 390 g/mol. The molecule has 0 unspecified atom stereocenters. The van der Waals surface area contributed by atoms with Crippen LogP contribution in [-0.4, -0.2) is 43.2 Å². The van der Waals surface area contributed by atoms with Crippen LogP contribution in [0.15, 0.2) is 40.3 Å². The van der Waals surface area contributed by atoms with Crippen molar-refractivity contribution in [2.24, 2.45) is 0 Å². The van der Waals surface area contributed by atoms with Crippen molar-refractivity contribution in [3.05, 3.63) is 52.8 Å². The van der Waals surface area contributed by atoms with Crippen LogP contribution < -0.4 is 15.1 Å². The summed E-state index contributed by atoms with van der Waals surface area (Å²) in [6.07, 6.45) is 1.46. The first-order valence-electron chi connectivity index (χ1n) is 9.35. The van der Waals surface area contributed by atoms with E-state index in [2.05, 4.69) is 10.2 Å². The molecular formula is C21H21N3O4S. The van der Waals surface area contributed by atoms with E-state index < -0.39 is 11.8 Å². The molecule has 4 rings (SSSR count). The van der Waals surface area contributed by atoms with Gasteiger partial charge in [0.1, 0.15) is 11.3 Å². The fraction of sp³-hybridized carbons (Fsp3) is 0.286. The van der Waals surface area contributed by atoms with Gasteiger partial charge in [0.05, 0.1) is 18.9 Å². The van der Waals surface area contributed by atoms with E-state index in [1.54, 1.807) is 6.07 Å². The number of benzene rings is 1. The molecule has 150 valence electrons. The molecule has 0 radical (unpaired) electrons. The number of hydrogen-bond donors (Lipinski definition) is 1. The van der Waals surface area contributed by atoms with Crippen molar-refractivity contribution in [2.75, 3.05) is 36.1 Å². The van der Waals surface area contributed by atoms with Gasteiger partial charge in [-0.05, 0) is 49.8 Å². The lowest BCUT2D eigenvalue weighted by molar-refractivity contribution is -0.122. The number of thiocarbonyl (C=S) groups is 1. The predicted octanol–water partition coefficient (Wildman–Crippen LogP) is 2.56. The van der Waals surface area contributed by atoms with E-state index in [9.17, 15) is 9.59 Å². The molecule has 1 aromatic heterocycles. The minimum Gasteiger partial charge on any atom is -0.441 e. The van der Waals surface area contributed by atoms with Crippen molar-refractivity contribution in [2.45, 2.75) is 13.8 Å². The summed E-state index contributed by atoms with van der Waals surface area (Å²) in [6.45, 7) is 6.62. The molecule has 7 nitrogen and oxygen atoms in total. The molecule has 29 heavy (non-hydrogen) atoms. The molecule has 2 fully saturated rings. The monoisotopic (exact) mass is 411 g/mol. The van der Waals surface area contributed by atoms with Crippen LogP contribution in [0.2, 0.25) is 0 Å². The van der Waals surface area contributed by atoms with Crippen LogP contribution in [0.1, 0.15) is 16.9 Å². The van der Waals surface area contributed by atoms with Gasteiger partial charge in [-0.15, -0.1) is 0 Å². The maximum absolute atomic E-state index is 13.1. The lowest BCUT2D eigenvalue weighted by Crippen LogP contribution is -2.54. The van der Waals surface area contributed by atoms with Crippen LogP contribution >= 0.6 is 12.2 Å². The molecule has 2 saturated heterocycles. The molecule has 2 aliphatic rings. The van der Waals surface area contributed by atoms with Gasteiger partial charge >= 0.3 is 0 Å². The summed E-state index contributed by atoms with van der Waals surface area (Å²) < 4.78 is 11.2. The second-order valence-electron chi connectivity index (χ2n) is 7.02. The van der Waals surface area contributed by atoms with Crippen molar-refractivity contribution in [1.29, 1.82) is 0 Å². The zero-order chi connectivity index (χ0) is 20.5. The molecule has 0 aliphatic carbocycles. The van der Waals surface area contributed by atoms with E-state index in [-0.39, 0.29) is 10.7 Å². The molecule has 0 bridgehead atoms. The summed E-state index contributed by atoms with van der Waals surface area (Å²) in [5, 5.41) is 2.67. The van der Waals surface area contributed by atoms with Gasteiger partial charge in [0.15, 0.2) is 11.0 Å². The van der Waals surface area contributed by atoms with E-state index in [0.717, 1.165) is 24.2 Å². The molecule has 2 aliphatic heterocycles. The van der Waals surface area contributed by atoms with E-state index in [4.69, 9.17) is 21.4 Å². The molecule has 2 amide bonds. The number of nitrogens with zero attached hydrogens (tertiary/aromatic N) is 2. The summed E-state index contributed by atoms with van der Waals surface area (Å²) >= 11 is 5.27. The SMILES string of the molecule is Cc1ccc(N2C(=O)/C(=C/c3ccc(N4CCOCC4)o3)C(=O)NC2=S)c(C)c1. The first-order chi connectivity index (χ1) is 13.9. The molecule has 0 atom stereocenters. The van der Waals surface area contributed by atoms with E-state index in [0.29, 0.717) is 30.5 Å². The summed E-state index contributed by atoms with van der Waals surface area (Å²) in [6, 6.07) is 9.26. The molecule has 0 saturated carbocycles. The Bertz CT molecular complexity index is 1020. The quantitative estimate of drug-likeness (QED) is 0.475. The Morgan fingerprint density at radius 2 is 1.86 bits per heavy atom. The van der Waals surface area contributed by atoms with E-state index in [1.807, 2.05) is 38.1 Å². The van der Waals surface area contributed by atoms with Gasteiger partial charge in [-0.3, -0.25) is 19.8 Å². The minimum atomic E-state index is -0.537. The fourth-order valence-corrected chi connectivity index (χ4v) is 3.72. The Hall–Kier alpha value is -2.97. The molecule has 8 heteroatoms. The third-order valence-electron chi connectivity index (χ3n) is 4.92. The largest absolute Gasteiger partial charge is 0.441 e. The van der Waals surface area contributed by atoms with Crippen molar-refractivity contribution in [3.8, 4) is 0 Å². The van der Waals surface area contributed by atoms with Crippen molar-refractivity contribution >= 4 is 46.8 Å². The number of morpholine rings is 1. The Morgan fingerprint density at radius 3 is 2.59 bits per heavy atom. The molecule has 2 aromatic rings. The standard InChI is InChI=1S/C21H21N3O4S/c1-13-3-5-17(14(2)11-13)24-20(26)16(19(25)22-21(24)29)12-15-4-6-18(28-15)23-7-9-27-10-8-23/h3-6,11-12H,7-10H2,1-2H3,(H,22,25,29)/b16-12+. The smallest absolute Gasteiger partial charge is 0.270 e. The summed E-state index contributed by atoms with van der Waals surface area (Å²) in [7, 11) is 0. The highest BCUT2D eigenvalue weighted by molar-refractivity contribution is 7.80. The average molecular weight is 411 g/mol. The molecule has 3 heterocycles. The summed E-state index contributed by atoms with van der Waals surface area (Å²) in [5.41, 5.74) is 2.59. The van der Waals surface area contributed by atoms with Crippen LogP contribution in [-0.2, 0) is 14.3 Å². The van der Waals surface area contributed by atoms with Crippen LogP contribution in [0, 0.1) is 13.8 Å². The number of nitrogens with one attached hydrogen (secondary N) is 1. The van der Waals surface area contributed by atoms with Gasteiger partial charge < -0.3 is 14.1 Å². The fourth-order valence-electron chi connectivity index (χ4n) is 3.45. The van der Waals surface area contributed by atoms with Crippen LogP contribution in [0.25, 0.3) is 6.08 Å². The lowest BCUT2D eigenvalue weighted by atomic mass is 10.1. The third-order valence-corrected chi connectivity index (χ3v) is 5.20. The Kier molecular flexibility index (Phi) is 5.21. The Morgan fingerprint density at radius 1 is 1.10 bits per heavy atom. The molecule has 0 spiro atoms. The summed E-state index contributed by atoms with van der Waals surface area (Å²) in [5.74, 6) is 0.101. The van der Waals surface area contributed by atoms with Crippen LogP contribution in [0.3, 0.4) is 0 Å². The van der Waals surface area contributed by atoms with Crippen molar-refractivity contribution in [1.82, 2.24) is 5.32 Å². The number of carbonyl (C=O) groups excluding carboxylic acids is 2. The van der Waals surface area contributed by atoms with Gasteiger partial charge in [0, 0.05) is 19.2 Å². The predicted molar refractivity (Wildman–Crippen MR) is 114 cm³/mol. The topological polar surface area (TPSA) is 75.0 Å². The molecule has 1 aromatic carbocycles. The number of furan rings is 1. The van der Waals surface area contributed by atoms with Crippen molar-refractivity contribution < 1.29 is 18.7 Å². The summed E-state index contributed by atoms with van der Waals surface area (Å²) in [4.78, 5) is 29.0. The Labute approximate surface area is 173 Å². The first kappa shape index (κ1) is 19.4. The van der Waals surface area contributed by atoms with Gasteiger partial charge in [-0.2, -0.15) is 0 Å². The zero-order valence-corrected chi connectivity index (χ0v) is 17.0. The Balaban J connectivity index is 1.64. The number of hydrogen-bond acceptors (Lipinski definition) is 6.